The Morgan fingerprint density at radius 3 is 2.13 bits per heavy atom. The van der Waals surface area contributed by atoms with Gasteiger partial charge in [0.1, 0.15) is 0 Å². The van der Waals surface area contributed by atoms with Crippen LogP contribution in [0.5, 0.6) is 0 Å². The Hall–Kier alpha value is -3.15. The highest BCUT2D eigenvalue weighted by Gasteiger charge is 2.20. The molecule has 1 saturated carbocycles. The lowest BCUT2D eigenvalue weighted by atomic mass is 9.95. The maximum Gasteiger partial charge on any atom is 0.251 e. The minimum absolute atomic E-state index is 0.0521. The molecule has 1 fully saturated rings. The molecule has 0 radical (unpaired) electrons. The highest BCUT2D eigenvalue weighted by molar-refractivity contribution is 5.94. The van der Waals surface area contributed by atoms with Gasteiger partial charge in [0.2, 0.25) is 11.8 Å². The van der Waals surface area contributed by atoms with E-state index in [1.54, 1.807) is 24.3 Å². The summed E-state index contributed by atoms with van der Waals surface area (Å²) in [5.41, 5.74) is 1.37. The smallest absolute Gasteiger partial charge is 0.251 e. The molecular formula is C24H29N3O3. The quantitative estimate of drug-likeness (QED) is 0.628. The van der Waals surface area contributed by atoms with E-state index in [-0.39, 0.29) is 36.7 Å². The SMILES string of the molecule is O=C(C[C@H](NC(=O)c1ccccc1)c1ccccc1)NCC(=O)NC1CCCCC1. The van der Waals surface area contributed by atoms with Gasteiger partial charge in [-0.05, 0) is 30.5 Å². The van der Waals surface area contributed by atoms with Crippen LogP contribution in [-0.2, 0) is 9.59 Å². The molecule has 30 heavy (non-hydrogen) atoms. The Balaban J connectivity index is 1.55. The van der Waals surface area contributed by atoms with Crippen LogP contribution in [0.1, 0.15) is 60.5 Å². The van der Waals surface area contributed by atoms with Gasteiger partial charge in [-0.2, -0.15) is 0 Å². The molecule has 6 heteroatoms. The van der Waals surface area contributed by atoms with E-state index in [0.717, 1.165) is 31.2 Å². The van der Waals surface area contributed by atoms with Crippen LogP contribution in [-0.4, -0.2) is 30.3 Å². The van der Waals surface area contributed by atoms with E-state index in [1.165, 1.54) is 6.42 Å². The van der Waals surface area contributed by atoms with Gasteiger partial charge in [-0.25, -0.2) is 0 Å². The van der Waals surface area contributed by atoms with Gasteiger partial charge in [-0.1, -0.05) is 67.8 Å². The summed E-state index contributed by atoms with van der Waals surface area (Å²) in [5.74, 6) is -0.692. The first-order chi connectivity index (χ1) is 14.6. The number of rotatable bonds is 8. The Kier molecular flexibility index (Phi) is 8.01. The molecule has 0 saturated heterocycles. The summed E-state index contributed by atoms with van der Waals surface area (Å²) >= 11 is 0. The molecule has 2 aromatic carbocycles. The number of hydrogen-bond acceptors (Lipinski definition) is 3. The number of carbonyl (C=O) groups excluding carboxylic acids is 3. The van der Waals surface area contributed by atoms with Crippen LogP contribution >= 0.6 is 0 Å². The van der Waals surface area contributed by atoms with Crippen LogP contribution in [0.15, 0.2) is 60.7 Å². The van der Waals surface area contributed by atoms with Crippen LogP contribution in [0.4, 0.5) is 0 Å². The Morgan fingerprint density at radius 2 is 1.47 bits per heavy atom. The standard InChI is InChI=1S/C24H29N3O3/c28-22(25-17-23(29)26-20-14-8-3-9-15-20)16-21(18-10-4-1-5-11-18)27-24(30)19-12-6-2-7-13-19/h1-2,4-7,10-13,20-21H,3,8-9,14-17H2,(H,25,28)(H,26,29)(H,27,30)/t21-/m0/s1. The molecule has 0 unspecified atom stereocenters. The van der Waals surface area contributed by atoms with E-state index in [0.29, 0.717) is 5.56 Å². The maximum atomic E-state index is 12.6. The third-order valence-corrected chi connectivity index (χ3v) is 5.35. The summed E-state index contributed by atoms with van der Waals surface area (Å²) in [6.07, 6.45) is 5.55. The van der Waals surface area contributed by atoms with E-state index < -0.39 is 6.04 Å². The zero-order valence-corrected chi connectivity index (χ0v) is 17.1. The first-order valence-electron chi connectivity index (χ1n) is 10.6. The molecule has 3 amide bonds. The first kappa shape index (κ1) is 21.6. The first-order valence-corrected chi connectivity index (χ1v) is 10.6. The van der Waals surface area contributed by atoms with Gasteiger partial charge in [0, 0.05) is 11.6 Å². The van der Waals surface area contributed by atoms with E-state index in [4.69, 9.17) is 0 Å². The predicted molar refractivity (Wildman–Crippen MR) is 116 cm³/mol. The molecule has 2 aromatic rings. The van der Waals surface area contributed by atoms with Crippen molar-refractivity contribution >= 4 is 17.7 Å². The van der Waals surface area contributed by atoms with Crippen LogP contribution in [0.3, 0.4) is 0 Å². The van der Waals surface area contributed by atoms with Crippen molar-refractivity contribution in [1.29, 1.82) is 0 Å². The zero-order chi connectivity index (χ0) is 21.2. The van der Waals surface area contributed by atoms with Crippen molar-refractivity contribution in [2.45, 2.75) is 50.6 Å². The van der Waals surface area contributed by atoms with Crippen molar-refractivity contribution in [2.75, 3.05) is 6.54 Å². The molecule has 3 rings (SSSR count). The predicted octanol–water partition coefficient (Wildman–Crippen LogP) is 3.11. The zero-order valence-electron chi connectivity index (χ0n) is 17.1. The van der Waals surface area contributed by atoms with Gasteiger partial charge in [-0.3, -0.25) is 14.4 Å². The Morgan fingerprint density at radius 1 is 0.833 bits per heavy atom. The monoisotopic (exact) mass is 407 g/mol. The molecule has 0 bridgehead atoms. The lowest BCUT2D eigenvalue weighted by Gasteiger charge is -2.23. The van der Waals surface area contributed by atoms with Crippen molar-refractivity contribution in [3.8, 4) is 0 Å². The lowest BCUT2D eigenvalue weighted by molar-refractivity contribution is -0.126. The number of amides is 3. The number of benzene rings is 2. The van der Waals surface area contributed by atoms with Crippen molar-refractivity contribution in [3.05, 3.63) is 71.8 Å². The molecule has 0 aromatic heterocycles. The summed E-state index contributed by atoms with van der Waals surface area (Å²) in [7, 11) is 0. The average Bonchev–Trinajstić information content (AvgIpc) is 2.79. The average molecular weight is 408 g/mol. The third-order valence-electron chi connectivity index (χ3n) is 5.35. The molecular weight excluding hydrogens is 378 g/mol. The fraction of sp³-hybridized carbons (Fsp3) is 0.375. The normalized spacial score (nSPS) is 15.1. The van der Waals surface area contributed by atoms with Crippen molar-refractivity contribution in [3.63, 3.8) is 0 Å². The van der Waals surface area contributed by atoms with Crippen LogP contribution in [0.2, 0.25) is 0 Å². The number of hydrogen-bond donors (Lipinski definition) is 3. The molecule has 1 aliphatic carbocycles. The van der Waals surface area contributed by atoms with Gasteiger partial charge in [-0.15, -0.1) is 0 Å². The van der Waals surface area contributed by atoms with Gasteiger partial charge < -0.3 is 16.0 Å². The Labute approximate surface area is 177 Å². The molecule has 1 aliphatic rings. The molecule has 6 nitrogen and oxygen atoms in total. The summed E-state index contributed by atoms with van der Waals surface area (Å²) < 4.78 is 0. The number of carbonyl (C=O) groups is 3. The highest BCUT2D eigenvalue weighted by atomic mass is 16.2. The molecule has 0 aliphatic heterocycles. The highest BCUT2D eigenvalue weighted by Crippen LogP contribution is 2.18. The fourth-order valence-corrected chi connectivity index (χ4v) is 3.73. The molecule has 0 heterocycles. The lowest BCUT2D eigenvalue weighted by Crippen LogP contribution is -2.43. The van der Waals surface area contributed by atoms with E-state index in [9.17, 15) is 14.4 Å². The maximum absolute atomic E-state index is 12.6. The van der Waals surface area contributed by atoms with Crippen molar-refractivity contribution in [1.82, 2.24) is 16.0 Å². The Bertz CT molecular complexity index is 833. The van der Waals surface area contributed by atoms with E-state index >= 15 is 0 Å². The molecule has 0 spiro atoms. The number of nitrogens with one attached hydrogen (secondary N) is 3. The van der Waals surface area contributed by atoms with Crippen LogP contribution in [0.25, 0.3) is 0 Å². The topological polar surface area (TPSA) is 87.3 Å². The minimum Gasteiger partial charge on any atom is -0.352 e. The van der Waals surface area contributed by atoms with Gasteiger partial charge in [0.25, 0.3) is 5.91 Å². The summed E-state index contributed by atoms with van der Waals surface area (Å²) in [6, 6.07) is 18.0. The second-order valence-corrected chi connectivity index (χ2v) is 7.69. The molecule has 158 valence electrons. The van der Waals surface area contributed by atoms with Gasteiger partial charge in [0.15, 0.2) is 0 Å². The third kappa shape index (κ3) is 6.72. The molecule has 1 atom stereocenters. The van der Waals surface area contributed by atoms with Crippen molar-refractivity contribution in [2.24, 2.45) is 0 Å². The van der Waals surface area contributed by atoms with Gasteiger partial charge >= 0.3 is 0 Å². The second kappa shape index (κ2) is 11.1. The summed E-state index contributed by atoms with van der Waals surface area (Å²) in [5, 5.41) is 8.61. The molecule has 3 N–H and O–H groups in total. The largest absolute Gasteiger partial charge is 0.352 e. The van der Waals surface area contributed by atoms with Crippen LogP contribution < -0.4 is 16.0 Å². The van der Waals surface area contributed by atoms with Crippen molar-refractivity contribution < 1.29 is 14.4 Å². The minimum atomic E-state index is -0.486. The van der Waals surface area contributed by atoms with Gasteiger partial charge in [0.05, 0.1) is 19.0 Å². The fourth-order valence-electron chi connectivity index (χ4n) is 3.73. The van der Waals surface area contributed by atoms with Crippen LogP contribution in [0, 0.1) is 0 Å². The summed E-state index contributed by atoms with van der Waals surface area (Å²) in [6.45, 7) is -0.0521. The summed E-state index contributed by atoms with van der Waals surface area (Å²) in [4.78, 5) is 37.2. The second-order valence-electron chi connectivity index (χ2n) is 7.69. The van der Waals surface area contributed by atoms with E-state index in [2.05, 4.69) is 16.0 Å². The van der Waals surface area contributed by atoms with E-state index in [1.807, 2.05) is 36.4 Å².